The summed E-state index contributed by atoms with van der Waals surface area (Å²) in [5, 5.41) is 5.96. The van der Waals surface area contributed by atoms with E-state index >= 15 is 0 Å². The van der Waals surface area contributed by atoms with E-state index in [1.807, 2.05) is 54.7 Å². The van der Waals surface area contributed by atoms with Crippen molar-refractivity contribution >= 4 is 64.2 Å². The van der Waals surface area contributed by atoms with E-state index in [1.165, 1.54) is 24.6 Å². The summed E-state index contributed by atoms with van der Waals surface area (Å²) in [6.45, 7) is 2.46. The number of thioether (sulfide) groups is 3. The molecule has 2 aliphatic rings. The van der Waals surface area contributed by atoms with E-state index in [-0.39, 0.29) is 23.2 Å². The van der Waals surface area contributed by atoms with Gasteiger partial charge in [-0.3, -0.25) is 14.9 Å². The van der Waals surface area contributed by atoms with Gasteiger partial charge in [-0.2, -0.15) is 0 Å². The van der Waals surface area contributed by atoms with Crippen LogP contribution in [0.5, 0.6) is 0 Å². The Hall–Kier alpha value is -2.43. The quantitative estimate of drug-likeness (QED) is 0.217. The minimum atomic E-state index is -0.366. The first-order valence-electron chi connectivity index (χ1n) is 12.4. The number of hydrogen-bond acceptors (Lipinski definition) is 7. The van der Waals surface area contributed by atoms with E-state index in [0.717, 1.165) is 69.9 Å². The smallest absolute Gasteiger partial charge is 0.317 e. The van der Waals surface area contributed by atoms with E-state index in [9.17, 15) is 14.4 Å². The van der Waals surface area contributed by atoms with Gasteiger partial charge in [0.25, 0.3) is 11.1 Å². The average molecular weight is 557 g/mol. The molecule has 2 heterocycles. The van der Waals surface area contributed by atoms with Crippen molar-refractivity contribution in [3.05, 3.63) is 52.1 Å². The molecule has 7 nitrogen and oxygen atoms in total. The molecule has 4 rings (SSSR count). The topological polar surface area (TPSA) is 91.4 Å². The molecule has 0 spiro atoms. The lowest BCUT2D eigenvalue weighted by molar-refractivity contribution is -0.115. The molecule has 2 N–H and O–H groups in total. The van der Waals surface area contributed by atoms with E-state index in [2.05, 4.69) is 15.6 Å². The number of carbonyl (C=O) groups excluding carboxylic acids is 3. The molecule has 1 aromatic heterocycles. The predicted molar refractivity (Wildman–Crippen MR) is 154 cm³/mol. The minimum absolute atomic E-state index is 0.105. The van der Waals surface area contributed by atoms with Crippen LogP contribution < -0.4 is 10.6 Å². The molecule has 2 aromatic rings. The summed E-state index contributed by atoms with van der Waals surface area (Å²) in [6.07, 6.45) is 12.3. The fourth-order valence-electron chi connectivity index (χ4n) is 4.64. The highest BCUT2D eigenvalue weighted by molar-refractivity contribution is 8.18. The van der Waals surface area contributed by atoms with Crippen molar-refractivity contribution in [1.29, 1.82) is 0 Å². The maximum atomic E-state index is 13.8. The number of benzene rings is 1. The second-order valence-electron chi connectivity index (χ2n) is 9.15. The van der Waals surface area contributed by atoms with Crippen molar-refractivity contribution in [3.63, 3.8) is 0 Å². The average Bonchev–Trinajstić information content (AvgIpc) is 3.05. The molecular weight excluding hydrogens is 525 g/mol. The summed E-state index contributed by atoms with van der Waals surface area (Å²) >= 11 is 4.05. The molecule has 1 aliphatic carbocycles. The molecule has 0 atom stereocenters. The zero-order valence-electron chi connectivity index (χ0n) is 21.3. The summed E-state index contributed by atoms with van der Waals surface area (Å²) in [4.78, 5) is 45.1. The third-order valence-electron chi connectivity index (χ3n) is 6.52. The normalized spacial score (nSPS) is 17.5. The first-order valence-corrected chi connectivity index (χ1v) is 15.7. The first kappa shape index (κ1) is 27.6. The van der Waals surface area contributed by atoms with Gasteiger partial charge in [0.2, 0.25) is 0 Å². The number of aryl methyl sites for hydroxylation is 1. The van der Waals surface area contributed by atoms with Crippen LogP contribution in [0.1, 0.15) is 55.3 Å². The number of hydrogen-bond donors (Lipinski definition) is 2. The molecule has 2 fully saturated rings. The van der Waals surface area contributed by atoms with Crippen molar-refractivity contribution in [2.45, 2.75) is 68.0 Å². The molecule has 0 unspecified atom stereocenters. The summed E-state index contributed by atoms with van der Waals surface area (Å²) in [5.41, 5.74) is 3.55. The number of aromatic nitrogens is 1. The molecule has 37 heavy (non-hydrogen) atoms. The summed E-state index contributed by atoms with van der Waals surface area (Å²) in [7, 11) is 0. The molecular formula is C27H32N4O3S3. The number of rotatable bonds is 7. The predicted octanol–water partition coefficient (Wildman–Crippen LogP) is 6.91. The lowest BCUT2D eigenvalue weighted by Crippen LogP contribution is -2.42. The van der Waals surface area contributed by atoms with Gasteiger partial charge in [0, 0.05) is 23.2 Å². The van der Waals surface area contributed by atoms with E-state index in [0.29, 0.717) is 11.4 Å². The van der Waals surface area contributed by atoms with E-state index < -0.39 is 0 Å². The van der Waals surface area contributed by atoms with Crippen LogP contribution in [0.2, 0.25) is 0 Å². The third kappa shape index (κ3) is 7.12. The molecule has 196 valence electrons. The zero-order valence-corrected chi connectivity index (χ0v) is 23.8. The Morgan fingerprint density at radius 2 is 1.84 bits per heavy atom. The van der Waals surface area contributed by atoms with Crippen molar-refractivity contribution in [2.24, 2.45) is 0 Å². The first-order chi connectivity index (χ1) is 17.9. The van der Waals surface area contributed by atoms with Crippen LogP contribution in [0.15, 0.2) is 45.2 Å². The van der Waals surface area contributed by atoms with Crippen molar-refractivity contribution < 1.29 is 14.4 Å². The van der Waals surface area contributed by atoms with E-state index in [4.69, 9.17) is 0 Å². The fourth-order valence-corrected chi connectivity index (χ4v) is 6.63. The Kier molecular flexibility index (Phi) is 9.61. The standard InChI is InChI=1S/C27H32N4O3S3/c1-17-14-21(35-2)23(25(28-17)36-3)29-26(33)31(20-8-6-4-5-7-9-20)16-19-12-10-18(11-13-19)15-22-24(32)30-27(34)37-22/h10-15,20H,4-9,16H2,1-3H3,(H,29,33)(H,30,32,34). The van der Waals surface area contributed by atoms with Crippen LogP contribution in [0.3, 0.4) is 0 Å². The number of nitrogens with one attached hydrogen (secondary N) is 2. The van der Waals surface area contributed by atoms with Crippen LogP contribution in [0.25, 0.3) is 6.08 Å². The number of pyridine rings is 1. The van der Waals surface area contributed by atoms with Crippen LogP contribution >= 0.6 is 35.3 Å². The molecule has 1 aliphatic heterocycles. The second kappa shape index (κ2) is 12.9. The Morgan fingerprint density at radius 3 is 2.43 bits per heavy atom. The minimum Gasteiger partial charge on any atom is -0.317 e. The van der Waals surface area contributed by atoms with Gasteiger partial charge in [0.15, 0.2) is 0 Å². The van der Waals surface area contributed by atoms with E-state index in [1.54, 1.807) is 17.8 Å². The van der Waals surface area contributed by atoms with Crippen molar-refractivity contribution in [3.8, 4) is 0 Å². The Bertz CT molecular complexity index is 1170. The summed E-state index contributed by atoms with van der Waals surface area (Å²) < 4.78 is 0. The van der Waals surface area contributed by atoms with Gasteiger partial charge >= 0.3 is 6.03 Å². The summed E-state index contributed by atoms with van der Waals surface area (Å²) in [5.74, 6) is -0.366. The lowest BCUT2D eigenvalue weighted by Gasteiger charge is -2.32. The van der Waals surface area contributed by atoms with Crippen LogP contribution in [0.4, 0.5) is 15.3 Å². The van der Waals surface area contributed by atoms with Crippen LogP contribution in [0, 0.1) is 6.92 Å². The van der Waals surface area contributed by atoms with Gasteiger partial charge in [-0.15, -0.1) is 23.5 Å². The van der Waals surface area contributed by atoms with Gasteiger partial charge in [-0.1, -0.05) is 49.9 Å². The van der Waals surface area contributed by atoms with Gasteiger partial charge in [0.1, 0.15) is 5.03 Å². The number of carbonyl (C=O) groups is 3. The number of nitrogens with zero attached hydrogens (tertiary/aromatic N) is 2. The third-order valence-corrected chi connectivity index (χ3v) is 8.78. The summed E-state index contributed by atoms with van der Waals surface area (Å²) in [6, 6.07) is 9.88. The molecule has 10 heteroatoms. The number of urea groups is 1. The SMILES string of the molecule is CSc1cc(C)nc(SC)c1NC(=O)N(Cc1ccc(C=C2SC(=O)NC2=O)cc1)C1CCCCCC1. The van der Waals surface area contributed by atoms with Crippen molar-refractivity contribution in [1.82, 2.24) is 15.2 Å². The molecule has 0 radical (unpaired) electrons. The number of amides is 4. The molecule has 4 amide bonds. The van der Waals surface area contributed by atoms with Gasteiger partial charge < -0.3 is 10.2 Å². The highest BCUT2D eigenvalue weighted by Crippen LogP contribution is 2.34. The van der Waals surface area contributed by atoms with Gasteiger partial charge in [0.05, 0.1) is 10.6 Å². The fraction of sp³-hybridized carbons (Fsp3) is 0.407. The highest BCUT2D eigenvalue weighted by atomic mass is 32.2. The number of anilines is 1. The zero-order chi connectivity index (χ0) is 26.4. The van der Waals surface area contributed by atoms with Gasteiger partial charge in [-0.25, -0.2) is 9.78 Å². The lowest BCUT2D eigenvalue weighted by atomic mass is 10.1. The van der Waals surface area contributed by atoms with Crippen LogP contribution in [-0.2, 0) is 11.3 Å². The second-order valence-corrected chi connectivity index (χ2v) is 11.8. The Balaban J connectivity index is 1.57. The van der Waals surface area contributed by atoms with Gasteiger partial charge in [-0.05, 0) is 67.3 Å². The highest BCUT2D eigenvalue weighted by Gasteiger charge is 2.27. The monoisotopic (exact) mass is 556 g/mol. The Labute approximate surface area is 231 Å². The van der Waals surface area contributed by atoms with Crippen molar-refractivity contribution in [2.75, 3.05) is 17.8 Å². The molecule has 0 bridgehead atoms. The maximum absolute atomic E-state index is 13.8. The Morgan fingerprint density at radius 1 is 1.14 bits per heavy atom. The molecule has 1 saturated heterocycles. The number of imide groups is 1. The largest absolute Gasteiger partial charge is 0.322 e. The maximum Gasteiger partial charge on any atom is 0.322 e. The molecule has 1 saturated carbocycles. The van der Waals surface area contributed by atoms with Crippen LogP contribution in [-0.4, -0.2) is 45.6 Å². The molecule has 1 aromatic carbocycles.